The molecule has 1 atom stereocenters. The number of carbonyl (C=O) groups excluding carboxylic acids is 1. The lowest BCUT2D eigenvalue weighted by atomic mass is 10.1. The van der Waals surface area contributed by atoms with Gasteiger partial charge in [0.1, 0.15) is 0 Å². The molecule has 1 aromatic carbocycles. The van der Waals surface area contributed by atoms with Gasteiger partial charge in [-0.2, -0.15) is 0 Å². The predicted octanol–water partition coefficient (Wildman–Crippen LogP) is 0.433. The molecule has 2 aromatic rings. The van der Waals surface area contributed by atoms with E-state index in [1.807, 2.05) is 6.07 Å². The molecule has 0 radical (unpaired) electrons. The summed E-state index contributed by atoms with van der Waals surface area (Å²) in [6.45, 7) is 0.391. The summed E-state index contributed by atoms with van der Waals surface area (Å²) in [5.41, 5.74) is 0.328. The van der Waals surface area contributed by atoms with Crippen molar-refractivity contribution in [1.29, 1.82) is 0 Å². The normalized spacial score (nSPS) is 18.1. The monoisotopic (exact) mass is 350 g/mol. The molecule has 9 heteroatoms. The number of nitrogens with zero attached hydrogens (tertiary/aromatic N) is 2. The van der Waals surface area contributed by atoms with Gasteiger partial charge in [0.25, 0.3) is 5.56 Å². The molecule has 3 rings (SSSR count). The van der Waals surface area contributed by atoms with Gasteiger partial charge in [0.15, 0.2) is 0 Å². The Morgan fingerprint density at radius 3 is 2.75 bits per heavy atom. The predicted molar refractivity (Wildman–Crippen MR) is 91.3 cm³/mol. The maximum absolute atomic E-state index is 12.3. The fraction of sp³-hybridized carbons (Fsp3) is 0.333. The van der Waals surface area contributed by atoms with Gasteiger partial charge in [0.2, 0.25) is 10.0 Å². The molecule has 1 unspecified atom stereocenters. The topological polar surface area (TPSA) is 114 Å². The highest BCUT2D eigenvalue weighted by molar-refractivity contribution is 7.89. The molecule has 0 saturated carbocycles. The minimum atomic E-state index is -3.65. The maximum Gasteiger partial charge on any atom is 0.321 e. The number of pyridine rings is 1. The Balaban J connectivity index is 1.79. The highest BCUT2D eigenvalue weighted by Gasteiger charge is 2.33. The molecule has 1 fully saturated rings. The van der Waals surface area contributed by atoms with Crippen LogP contribution in [0.15, 0.2) is 35.3 Å². The van der Waals surface area contributed by atoms with Crippen molar-refractivity contribution in [2.75, 3.05) is 18.4 Å². The zero-order valence-electron chi connectivity index (χ0n) is 13.1. The number of rotatable bonds is 2. The van der Waals surface area contributed by atoms with E-state index >= 15 is 0 Å². The van der Waals surface area contributed by atoms with Crippen LogP contribution in [0.5, 0.6) is 0 Å². The molecule has 2 heterocycles. The molecule has 8 nitrogen and oxygen atoms in total. The van der Waals surface area contributed by atoms with Crippen molar-refractivity contribution in [3.8, 4) is 0 Å². The first-order valence-electron chi connectivity index (χ1n) is 7.42. The number of likely N-dealkylation sites (tertiary alicyclic amines) is 1. The van der Waals surface area contributed by atoms with Crippen LogP contribution in [0.4, 0.5) is 10.5 Å². The van der Waals surface area contributed by atoms with Crippen LogP contribution in [-0.4, -0.2) is 42.3 Å². The summed E-state index contributed by atoms with van der Waals surface area (Å²) in [6, 6.07) is 6.48. The van der Waals surface area contributed by atoms with Crippen molar-refractivity contribution < 1.29 is 13.2 Å². The molecular formula is C15H18N4O4S. The van der Waals surface area contributed by atoms with E-state index in [4.69, 9.17) is 5.14 Å². The number of hydrogen-bond donors (Lipinski definition) is 2. The molecule has 1 aliphatic rings. The van der Waals surface area contributed by atoms with Gasteiger partial charge in [-0.15, -0.1) is 0 Å². The van der Waals surface area contributed by atoms with E-state index in [9.17, 15) is 18.0 Å². The highest BCUT2D eigenvalue weighted by atomic mass is 32.2. The second kappa shape index (κ2) is 5.91. The third-order valence-electron chi connectivity index (χ3n) is 4.23. The van der Waals surface area contributed by atoms with E-state index in [1.54, 1.807) is 31.4 Å². The molecule has 3 N–H and O–H groups in total. The molecule has 1 aliphatic heterocycles. The summed E-state index contributed by atoms with van der Waals surface area (Å²) in [5.74, 6) is 0. The third kappa shape index (κ3) is 3.13. The number of hydrogen-bond acceptors (Lipinski definition) is 4. The number of nitrogens with two attached hydrogens (primary N) is 1. The number of aryl methyl sites for hydroxylation is 1. The highest BCUT2D eigenvalue weighted by Crippen LogP contribution is 2.19. The van der Waals surface area contributed by atoms with E-state index in [1.165, 1.54) is 9.47 Å². The summed E-state index contributed by atoms with van der Waals surface area (Å²) >= 11 is 0. The van der Waals surface area contributed by atoms with Gasteiger partial charge in [0.05, 0.1) is 5.25 Å². The summed E-state index contributed by atoms with van der Waals surface area (Å²) in [4.78, 5) is 25.8. The number of anilines is 1. The van der Waals surface area contributed by atoms with Gasteiger partial charge >= 0.3 is 6.03 Å². The fourth-order valence-corrected chi connectivity index (χ4v) is 3.62. The van der Waals surface area contributed by atoms with Crippen LogP contribution in [0.1, 0.15) is 6.42 Å². The van der Waals surface area contributed by atoms with Crippen LogP contribution in [0.3, 0.4) is 0 Å². The number of amides is 2. The van der Waals surface area contributed by atoms with Crippen LogP contribution >= 0.6 is 0 Å². The average Bonchev–Trinajstić information content (AvgIpc) is 3.02. The quantitative estimate of drug-likeness (QED) is 0.817. The molecular weight excluding hydrogens is 332 g/mol. The zero-order valence-corrected chi connectivity index (χ0v) is 13.9. The first-order valence-corrected chi connectivity index (χ1v) is 9.03. The van der Waals surface area contributed by atoms with Crippen LogP contribution in [0.25, 0.3) is 10.8 Å². The third-order valence-corrected chi connectivity index (χ3v) is 5.54. The van der Waals surface area contributed by atoms with E-state index in [-0.39, 0.29) is 12.1 Å². The molecule has 1 aromatic heterocycles. The van der Waals surface area contributed by atoms with E-state index in [0.717, 1.165) is 5.39 Å². The number of carbonyl (C=O) groups is 1. The number of nitrogens with one attached hydrogen (secondary N) is 1. The van der Waals surface area contributed by atoms with Gasteiger partial charge in [-0.3, -0.25) is 4.79 Å². The molecule has 0 spiro atoms. The minimum absolute atomic E-state index is 0.0695. The number of sulfonamides is 1. The molecule has 1 saturated heterocycles. The van der Waals surface area contributed by atoms with Crippen LogP contribution in [-0.2, 0) is 17.1 Å². The number of aromatic nitrogens is 1. The summed E-state index contributed by atoms with van der Waals surface area (Å²) in [7, 11) is -1.99. The van der Waals surface area contributed by atoms with Crippen LogP contribution < -0.4 is 16.0 Å². The molecule has 2 amide bonds. The largest absolute Gasteiger partial charge is 0.323 e. The standard InChI is InChI=1S/C15H18N4O4S/c1-18-6-4-10-2-3-11(8-13(10)14(18)20)17-15(21)19-7-5-12(9-19)24(16,22)23/h2-4,6,8,12H,5,7,9H2,1H3,(H,17,21)(H2,16,22,23). The number of primary sulfonamides is 1. The Kier molecular flexibility index (Phi) is 4.06. The lowest BCUT2D eigenvalue weighted by molar-refractivity contribution is 0.222. The molecule has 0 bridgehead atoms. The van der Waals surface area contributed by atoms with E-state index < -0.39 is 21.3 Å². The number of benzene rings is 1. The fourth-order valence-electron chi connectivity index (χ4n) is 2.80. The summed E-state index contributed by atoms with van der Waals surface area (Å²) < 4.78 is 24.2. The maximum atomic E-state index is 12.3. The molecule has 0 aliphatic carbocycles. The first kappa shape index (κ1) is 16.5. The lowest BCUT2D eigenvalue weighted by Gasteiger charge is -2.17. The average molecular weight is 350 g/mol. The van der Waals surface area contributed by atoms with E-state index in [2.05, 4.69) is 5.32 Å². The zero-order chi connectivity index (χ0) is 17.5. The number of fused-ring (bicyclic) bond motifs is 1. The van der Waals surface area contributed by atoms with Crippen LogP contribution in [0.2, 0.25) is 0 Å². The Morgan fingerprint density at radius 1 is 1.33 bits per heavy atom. The second-order valence-electron chi connectivity index (χ2n) is 5.91. The van der Waals surface area contributed by atoms with Crippen molar-refractivity contribution in [1.82, 2.24) is 9.47 Å². The SMILES string of the molecule is Cn1ccc2ccc(NC(=O)N3CCC(S(N)(=O)=O)C3)cc2c1=O. The van der Waals surface area contributed by atoms with Crippen molar-refractivity contribution in [3.05, 3.63) is 40.8 Å². The Bertz CT molecular complexity index is 967. The Hall–Kier alpha value is -2.39. The Labute approximate surface area is 138 Å². The summed E-state index contributed by atoms with van der Waals surface area (Å²) in [6.07, 6.45) is 2.01. The Morgan fingerprint density at radius 2 is 2.08 bits per heavy atom. The van der Waals surface area contributed by atoms with Gasteiger partial charge in [-0.1, -0.05) is 6.07 Å². The van der Waals surface area contributed by atoms with Gasteiger partial charge in [0, 0.05) is 37.4 Å². The minimum Gasteiger partial charge on any atom is -0.323 e. The molecule has 128 valence electrons. The van der Waals surface area contributed by atoms with Crippen LogP contribution in [0, 0.1) is 0 Å². The van der Waals surface area contributed by atoms with Gasteiger partial charge < -0.3 is 14.8 Å². The van der Waals surface area contributed by atoms with E-state index in [0.29, 0.717) is 24.0 Å². The lowest BCUT2D eigenvalue weighted by Crippen LogP contribution is -2.36. The smallest absolute Gasteiger partial charge is 0.321 e. The van der Waals surface area contributed by atoms with Crippen molar-refractivity contribution >= 4 is 32.5 Å². The van der Waals surface area contributed by atoms with Gasteiger partial charge in [-0.25, -0.2) is 18.4 Å². The van der Waals surface area contributed by atoms with Gasteiger partial charge in [-0.05, 0) is 30.0 Å². The second-order valence-corrected chi connectivity index (χ2v) is 7.75. The van der Waals surface area contributed by atoms with Crippen molar-refractivity contribution in [2.45, 2.75) is 11.7 Å². The molecule has 24 heavy (non-hydrogen) atoms. The summed E-state index contributed by atoms with van der Waals surface area (Å²) in [5, 5.41) is 8.38. The van der Waals surface area contributed by atoms with Crippen molar-refractivity contribution in [2.24, 2.45) is 12.2 Å². The first-order chi connectivity index (χ1) is 11.3. The number of urea groups is 1. The van der Waals surface area contributed by atoms with Crippen molar-refractivity contribution in [3.63, 3.8) is 0 Å².